The van der Waals surface area contributed by atoms with Gasteiger partial charge in [0.1, 0.15) is 11.3 Å². The van der Waals surface area contributed by atoms with E-state index in [1.165, 1.54) is 33.7 Å². The van der Waals surface area contributed by atoms with Crippen LogP contribution in [0, 0.1) is 17.9 Å². The topological polar surface area (TPSA) is 76.2 Å². The molecular formula is C43H43IrN2O3-. The third kappa shape index (κ3) is 7.46. The molecule has 0 atom stereocenters. The number of carbonyl (C=O) groups excluding carboxylic acids is 1. The molecule has 0 bridgehead atoms. The Kier molecular flexibility index (Phi) is 12.0. The van der Waals surface area contributed by atoms with Crippen molar-refractivity contribution in [2.45, 2.75) is 66.2 Å². The van der Waals surface area contributed by atoms with Gasteiger partial charge in [0.2, 0.25) is 0 Å². The number of allylic oxidation sites excluding steroid dienone is 2. The Morgan fingerprint density at radius 2 is 1.57 bits per heavy atom. The zero-order chi connectivity index (χ0) is 33.6. The minimum atomic E-state index is 0. The fourth-order valence-electron chi connectivity index (χ4n) is 6.83. The predicted octanol–water partition coefficient (Wildman–Crippen LogP) is 11.1. The third-order valence-electron chi connectivity index (χ3n) is 9.70. The van der Waals surface area contributed by atoms with Crippen LogP contribution < -0.4 is 0 Å². The number of hydrogen-bond acceptors (Lipinski definition) is 5. The van der Waals surface area contributed by atoms with Crippen molar-refractivity contribution < 1.29 is 34.4 Å². The molecule has 0 saturated heterocycles. The van der Waals surface area contributed by atoms with Crippen LogP contribution in [-0.2, 0) is 37.7 Å². The van der Waals surface area contributed by atoms with E-state index in [2.05, 4.69) is 77.8 Å². The molecule has 49 heavy (non-hydrogen) atoms. The Bertz CT molecular complexity index is 2070. The number of aliphatic hydroxyl groups is 1. The van der Waals surface area contributed by atoms with E-state index in [-0.39, 0.29) is 43.5 Å². The van der Waals surface area contributed by atoms with Crippen molar-refractivity contribution in [2.75, 3.05) is 0 Å². The Morgan fingerprint density at radius 3 is 2.31 bits per heavy atom. The number of aliphatic hydroxyl groups excluding tert-OH is 1. The Labute approximate surface area is 302 Å². The summed E-state index contributed by atoms with van der Waals surface area (Å²) in [6.45, 7) is 8.07. The smallest absolute Gasteiger partial charge is 0.162 e. The van der Waals surface area contributed by atoms with Gasteiger partial charge in [0.25, 0.3) is 0 Å². The van der Waals surface area contributed by atoms with Gasteiger partial charge in [-0.25, -0.2) is 0 Å². The van der Waals surface area contributed by atoms with E-state index < -0.39 is 0 Å². The van der Waals surface area contributed by atoms with Crippen LogP contribution in [0.4, 0.5) is 0 Å². The van der Waals surface area contributed by atoms with Crippen molar-refractivity contribution in [3.63, 3.8) is 0 Å². The van der Waals surface area contributed by atoms with E-state index in [1.807, 2.05) is 52.4 Å². The number of nitrogens with zero attached hydrogens (tertiary/aromatic N) is 2. The summed E-state index contributed by atoms with van der Waals surface area (Å²) in [6, 6.07) is 28.8. The zero-order valence-corrected chi connectivity index (χ0v) is 31.0. The molecule has 0 aliphatic heterocycles. The van der Waals surface area contributed by atoms with Gasteiger partial charge in [0, 0.05) is 78.8 Å². The molecule has 3 aromatic heterocycles. The van der Waals surface area contributed by atoms with Gasteiger partial charge in [0.15, 0.2) is 5.78 Å². The molecule has 7 rings (SSSR count). The largest absolute Gasteiger partial charge is 0.512 e. The molecule has 6 aromatic rings. The van der Waals surface area contributed by atoms with Gasteiger partial charge in [-0.1, -0.05) is 92.7 Å². The van der Waals surface area contributed by atoms with E-state index >= 15 is 0 Å². The fourth-order valence-corrected chi connectivity index (χ4v) is 6.83. The summed E-state index contributed by atoms with van der Waals surface area (Å²) >= 11 is 0. The summed E-state index contributed by atoms with van der Waals surface area (Å²) < 4.78 is 6.55. The van der Waals surface area contributed by atoms with Gasteiger partial charge in [-0.2, -0.15) is 0 Å². The van der Waals surface area contributed by atoms with Crippen molar-refractivity contribution in [3.05, 3.63) is 120 Å². The van der Waals surface area contributed by atoms with Crippen LogP contribution in [0.2, 0.25) is 0 Å². The van der Waals surface area contributed by atoms with Crippen LogP contribution in [0.5, 0.6) is 0 Å². The van der Waals surface area contributed by atoms with Crippen molar-refractivity contribution in [1.29, 1.82) is 0 Å². The molecule has 3 aromatic carbocycles. The summed E-state index contributed by atoms with van der Waals surface area (Å²) in [7, 11) is 0. The van der Waals surface area contributed by atoms with E-state index in [9.17, 15) is 9.90 Å². The van der Waals surface area contributed by atoms with Crippen LogP contribution in [0.15, 0.2) is 108 Å². The number of fused-ring (bicyclic) bond motifs is 6. The second kappa shape index (κ2) is 16.3. The number of aromatic nitrogens is 2. The molecular weight excluding hydrogens is 785 g/mol. The summed E-state index contributed by atoms with van der Waals surface area (Å²) in [5, 5.41) is 13.1. The maximum absolute atomic E-state index is 11.7. The van der Waals surface area contributed by atoms with Gasteiger partial charge in [0.05, 0.1) is 5.76 Å². The monoisotopic (exact) mass is 828 g/mol. The number of furan rings is 1. The molecule has 0 unspecified atom stereocenters. The number of aryl methyl sites for hydroxylation is 2. The Morgan fingerprint density at radius 1 is 0.857 bits per heavy atom. The molecule has 1 radical (unpaired) electrons. The number of rotatable bonds is 9. The van der Waals surface area contributed by atoms with Crippen LogP contribution in [0.3, 0.4) is 0 Å². The number of pyridine rings is 2. The predicted molar refractivity (Wildman–Crippen MR) is 196 cm³/mol. The van der Waals surface area contributed by atoms with Crippen molar-refractivity contribution in [2.24, 2.45) is 11.8 Å². The Hall–Kier alpha value is -4.38. The van der Waals surface area contributed by atoms with Crippen molar-refractivity contribution >= 4 is 27.5 Å². The molecule has 0 spiro atoms. The molecule has 5 nitrogen and oxygen atoms in total. The summed E-state index contributed by atoms with van der Waals surface area (Å²) in [5.41, 5.74) is 8.60. The van der Waals surface area contributed by atoms with E-state index in [4.69, 9.17) is 9.40 Å². The Balaban J connectivity index is 0.000000252. The zero-order valence-electron chi connectivity index (χ0n) is 28.6. The van der Waals surface area contributed by atoms with E-state index in [0.29, 0.717) is 0 Å². The maximum Gasteiger partial charge on any atom is 0.162 e. The van der Waals surface area contributed by atoms with E-state index in [0.717, 1.165) is 77.5 Å². The fraction of sp³-hybridized carbons (Fsp3) is 0.279. The number of carbonyl (C=O) groups is 1. The first-order valence-corrected chi connectivity index (χ1v) is 17.3. The van der Waals surface area contributed by atoms with Gasteiger partial charge in [-0.15, -0.1) is 23.6 Å². The second-order valence-corrected chi connectivity index (χ2v) is 12.5. The normalized spacial score (nSPS) is 12.3. The first-order chi connectivity index (χ1) is 23.5. The average molecular weight is 828 g/mol. The molecule has 1 N–H and O–H groups in total. The van der Waals surface area contributed by atoms with Crippen LogP contribution in [0.25, 0.3) is 55.4 Å². The first kappa shape index (κ1) is 35.9. The third-order valence-corrected chi connectivity index (χ3v) is 9.70. The molecule has 253 valence electrons. The van der Waals surface area contributed by atoms with Gasteiger partial charge in [-0.3, -0.25) is 14.8 Å². The number of benzene rings is 3. The maximum atomic E-state index is 11.7. The minimum absolute atomic E-state index is 0. The molecule has 0 amide bonds. The van der Waals surface area contributed by atoms with Gasteiger partial charge in [-0.05, 0) is 61.8 Å². The van der Waals surface area contributed by atoms with E-state index in [1.54, 1.807) is 0 Å². The molecule has 1 aliphatic rings. The molecule has 1 aliphatic carbocycles. The number of hydrogen-bond donors (Lipinski definition) is 1. The van der Waals surface area contributed by atoms with Crippen LogP contribution in [0.1, 0.15) is 64.5 Å². The van der Waals surface area contributed by atoms with Crippen molar-refractivity contribution in [1.82, 2.24) is 9.97 Å². The SMILES string of the molecule is CCC(CC)C(=O)/C=C(\O)C(CC)CC.[Ir].[c-]1c(-c2nccc3c4c(oc23)-c2ccncc2CC4)cc(-c2ccccc2)c2ccccc12. The molecule has 0 saturated carbocycles. The van der Waals surface area contributed by atoms with Gasteiger partial charge >= 0.3 is 0 Å². The van der Waals surface area contributed by atoms with Gasteiger partial charge < -0.3 is 9.52 Å². The standard InChI is InChI=1S/C30H19N2O.C13H24O2.Ir/c1-2-6-19(7-3-1)27-17-22(16-20-8-4-5-9-23(20)27)28-30-26(13-15-32-28)25-11-10-21-18-31-14-12-24(21)29(25)33-30;1-5-10(6-2)12(14)9-13(15)11(7-3)8-4;/h1-9,12-15,17-18H,10-11H2;9-11,14H,5-8H2,1-4H3;/q-1;;/b;12-9-;. The van der Waals surface area contributed by atoms with Crippen LogP contribution >= 0.6 is 0 Å². The summed E-state index contributed by atoms with van der Waals surface area (Å²) in [4.78, 5) is 20.8. The quantitative estimate of drug-likeness (QED) is 0.0892. The molecule has 6 heteroatoms. The number of ketones is 1. The van der Waals surface area contributed by atoms with Crippen molar-refractivity contribution in [3.8, 4) is 33.7 Å². The molecule has 3 heterocycles. The first-order valence-electron chi connectivity index (χ1n) is 17.3. The second-order valence-electron chi connectivity index (χ2n) is 12.5. The summed E-state index contributed by atoms with van der Waals surface area (Å²) in [6.07, 6.45) is 12.5. The minimum Gasteiger partial charge on any atom is -0.512 e. The molecule has 0 fully saturated rings. The summed E-state index contributed by atoms with van der Waals surface area (Å²) in [5.74, 6) is 1.50. The average Bonchev–Trinajstić information content (AvgIpc) is 3.52. The van der Waals surface area contributed by atoms with Crippen LogP contribution in [-0.4, -0.2) is 20.9 Å².